The van der Waals surface area contributed by atoms with Gasteiger partial charge in [0.1, 0.15) is 0 Å². The lowest BCUT2D eigenvalue weighted by molar-refractivity contribution is -0.0755. The van der Waals surface area contributed by atoms with Gasteiger partial charge in [0.05, 0.1) is 0 Å². The molecule has 0 aromatic rings. The minimum Gasteiger partial charge on any atom is -0.147 e. The highest BCUT2D eigenvalue weighted by Gasteiger charge is 2.59. The third-order valence-electron chi connectivity index (χ3n) is 4.56. The van der Waals surface area contributed by atoms with E-state index in [2.05, 4.69) is 29.8 Å². The van der Waals surface area contributed by atoms with Crippen molar-refractivity contribution >= 4 is 28.3 Å². The summed E-state index contributed by atoms with van der Waals surface area (Å²) in [6.07, 6.45) is 8.84. The van der Waals surface area contributed by atoms with E-state index in [1.807, 2.05) is 0 Å². The highest BCUT2D eigenvalue weighted by atomic mass is 79.9. The molecule has 4 aliphatic carbocycles. The number of alkyl halides is 1. The summed E-state index contributed by atoms with van der Waals surface area (Å²) < 4.78 is 0.538. The first-order valence-corrected chi connectivity index (χ1v) is 6.39. The third-order valence-corrected chi connectivity index (χ3v) is 5.44. The second kappa shape index (κ2) is 2.91. The molecule has 0 radical (unpaired) electrons. The SMILES string of the molecule is CC12CC3CC(C)(C1)CC(Br)(C3)C2.Cl. The third kappa shape index (κ3) is 1.55. The van der Waals surface area contributed by atoms with Crippen LogP contribution in [-0.4, -0.2) is 4.32 Å². The van der Waals surface area contributed by atoms with E-state index >= 15 is 0 Å². The van der Waals surface area contributed by atoms with Crippen molar-refractivity contribution in [3.05, 3.63) is 0 Å². The van der Waals surface area contributed by atoms with Crippen molar-refractivity contribution in [3.8, 4) is 0 Å². The van der Waals surface area contributed by atoms with Gasteiger partial charge in [-0.2, -0.15) is 0 Å². The Kier molecular flexibility index (Phi) is 2.34. The van der Waals surface area contributed by atoms with Gasteiger partial charge in [0.25, 0.3) is 0 Å². The summed E-state index contributed by atoms with van der Waals surface area (Å²) in [5, 5.41) is 0. The van der Waals surface area contributed by atoms with E-state index in [1.165, 1.54) is 38.5 Å². The summed E-state index contributed by atoms with van der Waals surface area (Å²) in [6, 6.07) is 0. The van der Waals surface area contributed by atoms with Crippen LogP contribution in [0.1, 0.15) is 52.4 Å². The summed E-state index contributed by atoms with van der Waals surface area (Å²) >= 11 is 4.03. The Morgan fingerprint density at radius 1 is 0.929 bits per heavy atom. The molecule has 4 aliphatic rings. The van der Waals surface area contributed by atoms with E-state index in [1.54, 1.807) is 0 Å². The number of rotatable bonds is 0. The van der Waals surface area contributed by atoms with Crippen LogP contribution >= 0.6 is 28.3 Å². The maximum Gasteiger partial charge on any atom is 0.0271 e. The Hall–Kier alpha value is 0.770. The minimum atomic E-state index is 0. The number of hydrogen-bond acceptors (Lipinski definition) is 0. The minimum absolute atomic E-state index is 0. The zero-order valence-corrected chi connectivity index (χ0v) is 11.5. The van der Waals surface area contributed by atoms with Crippen LogP contribution in [0.15, 0.2) is 0 Å². The summed E-state index contributed by atoms with van der Waals surface area (Å²) in [5.74, 6) is 1.03. The first kappa shape index (κ1) is 11.3. The van der Waals surface area contributed by atoms with Crippen LogP contribution in [0.5, 0.6) is 0 Å². The highest BCUT2D eigenvalue weighted by molar-refractivity contribution is 9.10. The van der Waals surface area contributed by atoms with E-state index in [-0.39, 0.29) is 12.4 Å². The Morgan fingerprint density at radius 3 is 1.79 bits per heavy atom. The normalized spacial score (nSPS) is 59.8. The van der Waals surface area contributed by atoms with Crippen molar-refractivity contribution < 1.29 is 0 Å². The van der Waals surface area contributed by atoms with Gasteiger partial charge >= 0.3 is 0 Å². The van der Waals surface area contributed by atoms with Gasteiger partial charge < -0.3 is 0 Å². The van der Waals surface area contributed by atoms with Crippen LogP contribution in [0.2, 0.25) is 0 Å². The zero-order chi connectivity index (χ0) is 9.32. The topological polar surface area (TPSA) is 0 Å². The molecule has 0 amide bonds. The van der Waals surface area contributed by atoms with Gasteiger partial charge in [-0.1, -0.05) is 29.8 Å². The van der Waals surface area contributed by atoms with E-state index in [0.717, 1.165) is 5.92 Å². The van der Waals surface area contributed by atoms with E-state index in [4.69, 9.17) is 0 Å². The molecule has 4 bridgehead atoms. The number of halogens is 2. The molecule has 4 fully saturated rings. The maximum atomic E-state index is 4.03. The summed E-state index contributed by atoms with van der Waals surface area (Å²) in [4.78, 5) is 0. The van der Waals surface area contributed by atoms with Crippen LogP contribution in [-0.2, 0) is 0 Å². The van der Waals surface area contributed by atoms with E-state index in [0.29, 0.717) is 15.2 Å². The number of hydrogen-bond donors (Lipinski definition) is 0. The van der Waals surface area contributed by atoms with Crippen LogP contribution in [0.25, 0.3) is 0 Å². The lowest BCUT2D eigenvalue weighted by atomic mass is 9.45. The van der Waals surface area contributed by atoms with Gasteiger partial charge in [-0.3, -0.25) is 0 Å². The van der Waals surface area contributed by atoms with Gasteiger partial charge in [-0.15, -0.1) is 12.4 Å². The molecule has 14 heavy (non-hydrogen) atoms. The fourth-order valence-corrected chi connectivity index (χ4v) is 7.12. The second-order valence-electron chi connectivity index (χ2n) is 6.78. The first-order valence-electron chi connectivity index (χ1n) is 5.60. The van der Waals surface area contributed by atoms with Crippen molar-refractivity contribution in [1.82, 2.24) is 0 Å². The molecule has 0 saturated heterocycles. The average molecular weight is 280 g/mol. The fourth-order valence-electron chi connectivity index (χ4n) is 5.31. The van der Waals surface area contributed by atoms with Crippen molar-refractivity contribution in [2.45, 2.75) is 56.7 Å². The molecule has 4 saturated carbocycles. The average Bonchev–Trinajstić information content (AvgIpc) is 1.71. The quantitative estimate of drug-likeness (QED) is 0.571. The predicted octanol–water partition coefficient (Wildman–Crippen LogP) is 4.55. The highest BCUT2D eigenvalue weighted by Crippen LogP contribution is 2.68. The molecule has 0 heterocycles. The first-order chi connectivity index (χ1) is 5.91. The molecule has 2 atom stereocenters. The molecular weight excluding hydrogens is 259 g/mol. The van der Waals surface area contributed by atoms with Gasteiger partial charge in [0.2, 0.25) is 0 Å². The summed E-state index contributed by atoms with van der Waals surface area (Å²) in [7, 11) is 0. The molecule has 2 unspecified atom stereocenters. The molecule has 4 rings (SSSR count). The molecule has 0 N–H and O–H groups in total. The second-order valence-corrected chi connectivity index (χ2v) is 8.46. The lowest BCUT2D eigenvalue weighted by Crippen LogP contribution is -2.55. The molecule has 0 spiro atoms. The summed E-state index contributed by atoms with van der Waals surface area (Å²) in [5.41, 5.74) is 1.36. The van der Waals surface area contributed by atoms with Crippen molar-refractivity contribution in [2.24, 2.45) is 16.7 Å². The molecule has 0 aromatic carbocycles. The molecule has 82 valence electrons. The van der Waals surface area contributed by atoms with Crippen LogP contribution in [0, 0.1) is 16.7 Å². The van der Waals surface area contributed by atoms with Crippen LogP contribution < -0.4 is 0 Å². The molecule has 0 nitrogen and oxygen atoms in total. The lowest BCUT2D eigenvalue weighted by Gasteiger charge is -2.63. The molecule has 2 heteroatoms. The smallest absolute Gasteiger partial charge is 0.0271 e. The van der Waals surface area contributed by atoms with Crippen molar-refractivity contribution in [1.29, 1.82) is 0 Å². The standard InChI is InChI=1S/C12H19Br.ClH/c1-10-3-9-4-11(2,6-10)8-12(13,5-9)7-10;/h9H,3-8H2,1-2H3;1H. The molecule has 0 aliphatic heterocycles. The van der Waals surface area contributed by atoms with Gasteiger partial charge in [0.15, 0.2) is 0 Å². The van der Waals surface area contributed by atoms with E-state index in [9.17, 15) is 0 Å². The van der Waals surface area contributed by atoms with Crippen molar-refractivity contribution in [3.63, 3.8) is 0 Å². The van der Waals surface area contributed by atoms with Gasteiger partial charge in [0, 0.05) is 4.32 Å². The zero-order valence-electron chi connectivity index (χ0n) is 9.11. The largest absolute Gasteiger partial charge is 0.147 e. The fraction of sp³-hybridized carbons (Fsp3) is 1.00. The van der Waals surface area contributed by atoms with Gasteiger partial charge in [-0.05, 0) is 55.3 Å². The van der Waals surface area contributed by atoms with Crippen molar-refractivity contribution in [2.75, 3.05) is 0 Å². The van der Waals surface area contributed by atoms with Gasteiger partial charge in [-0.25, -0.2) is 0 Å². The molecular formula is C12H20BrCl. The Labute approximate surface area is 102 Å². The Bertz CT molecular complexity index is 212. The van der Waals surface area contributed by atoms with Crippen LogP contribution in [0.4, 0.5) is 0 Å². The Morgan fingerprint density at radius 2 is 1.43 bits per heavy atom. The monoisotopic (exact) mass is 278 g/mol. The predicted molar refractivity (Wildman–Crippen MR) is 66.3 cm³/mol. The summed E-state index contributed by atoms with van der Waals surface area (Å²) in [6.45, 7) is 5.04. The van der Waals surface area contributed by atoms with Crippen LogP contribution in [0.3, 0.4) is 0 Å². The molecule has 0 aromatic heterocycles. The Balaban J connectivity index is 0.000000750. The van der Waals surface area contributed by atoms with E-state index < -0.39 is 0 Å². The maximum absolute atomic E-state index is 4.03.